The molecule has 0 saturated heterocycles. The van der Waals surface area contributed by atoms with Gasteiger partial charge in [-0.1, -0.05) is 59.7 Å². The fraction of sp³-hybridized carbons (Fsp3) is 0.375. The van der Waals surface area contributed by atoms with E-state index < -0.39 is 21.3 Å². The Hall–Kier alpha value is -2.67. The first kappa shape index (κ1) is 23.0. The molecule has 0 amide bonds. The molecule has 0 aliphatic carbocycles. The van der Waals surface area contributed by atoms with Crippen molar-refractivity contribution in [2.75, 3.05) is 4.72 Å². The van der Waals surface area contributed by atoms with Crippen molar-refractivity contribution in [1.29, 1.82) is 0 Å². The lowest BCUT2D eigenvalue weighted by molar-refractivity contribution is 0.519. The maximum absolute atomic E-state index is 14.7. The van der Waals surface area contributed by atoms with Gasteiger partial charge in [0.25, 0.3) is 10.0 Å². The molecular formula is C24H30FN3O2S. The van der Waals surface area contributed by atoms with Crippen LogP contribution in [0.25, 0.3) is 5.69 Å². The summed E-state index contributed by atoms with van der Waals surface area (Å²) in [5.41, 5.74) is 2.26. The van der Waals surface area contributed by atoms with Gasteiger partial charge in [0.05, 0.1) is 16.3 Å². The highest BCUT2D eigenvalue weighted by molar-refractivity contribution is 7.92. The molecule has 166 valence electrons. The third-order valence-corrected chi connectivity index (χ3v) is 6.37. The van der Waals surface area contributed by atoms with E-state index in [1.807, 2.05) is 72.7 Å². The zero-order chi connectivity index (χ0) is 23.2. The molecule has 0 spiro atoms. The van der Waals surface area contributed by atoms with Crippen LogP contribution in [-0.4, -0.2) is 18.2 Å². The van der Waals surface area contributed by atoms with Gasteiger partial charge in [-0.15, -0.1) is 0 Å². The van der Waals surface area contributed by atoms with Gasteiger partial charge in [0.1, 0.15) is 11.6 Å². The fourth-order valence-corrected chi connectivity index (χ4v) is 4.29. The van der Waals surface area contributed by atoms with E-state index in [1.165, 1.54) is 12.1 Å². The smallest absolute Gasteiger partial charge is 0.263 e. The molecule has 0 fully saturated rings. The van der Waals surface area contributed by atoms with E-state index in [-0.39, 0.29) is 10.3 Å². The number of nitrogens with one attached hydrogen (secondary N) is 1. The Bertz CT molecular complexity index is 1220. The Morgan fingerprint density at radius 1 is 0.935 bits per heavy atom. The highest BCUT2D eigenvalue weighted by atomic mass is 32.2. The quantitative estimate of drug-likeness (QED) is 0.561. The number of nitrogens with zero attached hydrogens (tertiary/aromatic N) is 2. The number of anilines is 1. The second-order valence-electron chi connectivity index (χ2n) is 9.91. The van der Waals surface area contributed by atoms with Gasteiger partial charge in [-0.2, -0.15) is 5.10 Å². The maximum atomic E-state index is 14.7. The number of aromatic nitrogens is 2. The molecule has 1 heterocycles. The predicted octanol–water partition coefficient (Wildman–Crippen LogP) is 5.72. The number of rotatable bonds is 4. The molecule has 0 bridgehead atoms. The van der Waals surface area contributed by atoms with Crippen LogP contribution in [0.3, 0.4) is 0 Å². The van der Waals surface area contributed by atoms with Gasteiger partial charge in [0.15, 0.2) is 0 Å². The first-order valence-corrected chi connectivity index (χ1v) is 11.7. The summed E-state index contributed by atoms with van der Waals surface area (Å²) in [6.45, 7) is 13.6. The minimum absolute atomic E-state index is 0.132. The van der Waals surface area contributed by atoms with E-state index in [0.29, 0.717) is 11.4 Å². The Morgan fingerprint density at radius 2 is 1.61 bits per heavy atom. The molecule has 31 heavy (non-hydrogen) atoms. The van der Waals surface area contributed by atoms with E-state index in [2.05, 4.69) is 9.82 Å². The van der Waals surface area contributed by atoms with Crippen molar-refractivity contribution in [3.63, 3.8) is 0 Å². The predicted molar refractivity (Wildman–Crippen MR) is 123 cm³/mol. The molecule has 2 aromatic carbocycles. The first-order valence-electron chi connectivity index (χ1n) is 10.2. The Balaban J connectivity index is 2.07. The van der Waals surface area contributed by atoms with Crippen molar-refractivity contribution in [3.05, 3.63) is 71.2 Å². The highest BCUT2D eigenvalue weighted by Crippen LogP contribution is 2.30. The summed E-state index contributed by atoms with van der Waals surface area (Å²) in [6.07, 6.45) is 0. The van der Waals surface area contributed by atoms with Gasteiger partial charge in [-0.25, -0.2) is 17.5 Å². The Labute approximate surface area is 184 Å². The largest absolute Gasteiger partial charge is 0.263 e. The summed E-state index contributed by atoms with van der Waals surface area (Å²) in [6, 6.07) is 13.4. The van der Waals surface area contributed by atoms with E-state index in [9.17, 15) is 12.8 Å². The summed E-state index contributed by atoms with van der Waals surface area (Å²) < 4.78 is 45.0. The van der Waals surface area contributed by atoms with Crippen LogP contribution < -0.4 is 4.72 Å². The second kappa shape index (κ2) is 7.79. The SMILES string of the molecule is Cc1cccc(-n2nc(C(C)(C)C)cc2NS(=O)(=O)c2ccc(C(C)(C)C)c(F)c2)c1. The monoisotopic (exact) mass is 443 g/mol. The van der Waals surface area contributed by atoms with E-state index >= 15 is 0 Å². The van der Waals surface area contributed by atoms with Crippen LogP contribution in [0.15, 0.2) is 53.4 Å². The third-order valence-electron chi connectivity index (χ3n) is 5.02. The number of halogens is 1. The van der Waals surface area contributed by atoms with Crippen LogP contribution in [0.1, 0.15) is 58.4 Å². The van der Waals surface area contributed by atoms with Crippen molar-refractivity contribution < 1.29 is 12.8 Å². The van der Waals surface area contributed by atoms with Crippen molar-refractivity contribution in [1.82, 2.24) is 9.78 Å². The van der Waals surface area contributed by atoms with Crippen LogP contribution in [0.5, 0.6) is 0 Å². The number of benzene rings is 2. The average Bonchev–Trinajstić information content (AvgIpc) is 3.04. The summed E-state index contributed by atoms with van der Waals surface area (Å²) in [4.78, 5) is -0.132. The number of aryl methyl sites for hydroxylation is 1. The molecule has 0 aliphatic rings. The first-order chi connectivity index (χ1) is 14.2. The van der Waals surface area contributed by atoms with E-state index in [1.54, 1.807) is 10.7 Å². The topological polar surface area (TPSA) is 64.0 Å². The average molecular weight is 444 g/mol. The lowest BCUT2D eigenvalue weighted by atomic mass is 9.87. The van der Waals surface area contributed by atoms with Crippen LogP contribution >= 0.6 is 0 Å². The molecule has 0 aliphatic heterocycles. The van der Waals surface area contributed by atoms with Crippen LogP contribution in [-0.2, 0) is 20.9 Å². The lowest BCUT2D eigenvalue weighted by Crippen LogP contribution is -2.18. The van der Waals surface area contributed by atoms with Crippen LogP contribution in [0.4, 0.5) is 10.2 Å². The zero-order valence-electron chi connectivity index (χ0n) is 19.1. The maximum Gasteiger partial charge on any atom is 0.263 e. The molecule has 3 aromatic rings. The van der Waals surface area contributed by atoms with Crippen molar-refractivity contribution in [3.8, 4) is 5.69 Å². The fourth-order valence-electron chi connectivity index (χ4n) is 3.24. The molecule has 1 aromatic heterocycles. The van der Waals surface area contributed by atoms with Gasteiger partial charge in [0, 0.05) is 11.5 Å². The summed E-state index contributed by atoms with van der Waals surface area (Å²) >= 11 is 0. The summed E-state index contributed by atoms with van der Waals surface area (Å²) in [7, 11) is -4.02. The van der Waals surface area contributed by atoms with Crippen molar-refractivity contribution in [2.24, 2.45) is 0 Å². The van der Waals surface area contributed by atoms with Crippen LogP contribution in [0, 0.1) is 12.7 Å². The molecule has 3 rings (SSSR count). The van der Waals surface area contributed by atoms with Gasteiger partial charge < -0.3 is 0 Å². The Kier molecular flexibility index (Phi) is 5.78. The molecule has 0 radical (unpaired) electrons. The standard InChI is InChI=1S/C24H30FN3O2S/c1-16-9-8-10-17(13-16)28-22(15-21(26-28)24(5,6)7)27-31(29,30)18-11-12-19(20(25)14-18)23(2,3)4/h8-15,27H,1-7H3. The number of sulfonamides is 1. The molecule has 0 atom stereocenters. The summed E-state index contributed by atoms with van der Waals surface area (Å²) in [5.74, 6) is -0.242. The van der Waals surface area contributed by atoms with E-state index in [0.717, 1.165) is 23.0 Å². The normalized spacial score (nSPS) is 12.8. The molecule has 5 nitrogen and oxygen atoms in total. The summed E-state index contributed by atoms with van der Waals surface area (Å²) in [5, 5.41) is 4.65. The van der Waals surface area contributed by atoms with Crippen LogP contribution in [0.2, 0.25) is 0 Å². The zero-order valence-corrected chi connectivity index (χ0v) is 19.9. The third kappa shape index (κ3) is 4.98. The molecule has 1 N–H and O–H groups in total. The van der Waals surface area contributed by atoms with E-state index in [4.69, 9.17) is 0 Å². The van der Waals surface area contributed by atoms with Crippen molar-refractivity contribution in [2.45, 2.75) is 64.2 Å². The van der Waals surface area contributed by atoms with Gasteiger partial charge >= 0.3 is 0 Å². The van der Waals surface area contributed by atoms with Gasteiger partial charge in [-0.05, 0) is 47.7 Å². The Morgan fingerprint density at radius 3 is 2.16 bits per heavy atom. The molecular weight excluding hydrogens is 413 g/mol. The van der Waals surface area contributed by atoms with Gasteiger partial charge in [-0.3, -0.25) is 4.72 Å². The van der Waals surface area contributed by atoms with Crippen molar-refractivity contribution >= 4 is 15.8 Å². The lowest BCUT2D eigenvalue weighted by Gasteiger charge is -2.20. The molecule has 0 saturated carbocycles. The number of hydrogen-bond donors (Lipinski definition) is 1. The second-order valence-corrected chi connectivity index (χ2v) is 11.6. The van der Waals surface area contributed by atoms with Gasteiger partial charge in [0.2, 0.25) is 0 Å². The number of hydrogen-bond acceptors (Lipinski definition) is 3. The molecule has 7 heteroatoms. The molecule has 0 unspecified atom stereocenters. The highest BCUT2D eigenvalue weighted by Gasteiger charge is 2.25. The minimum Gasteiger partial charge on any atom is -0.263 e. The minimum atomic E-state index is -4.02.